The molecule has 0 spiro atoms. The van der Waals surface area contributed by atoms with Crippen LogP contribution < -0.4 is 0 Å². The van der Waals surface area contributed by atoms with Crippen molar-refractivity contribution in [2.45, 2.75) is 12.8 Å². The number of hydrogen-bond donors (Lipinski definition) is 0. The molecular weight excluding hydrogens is 372 g/mol. The third kappa shape index (κ3) is 2.68. The molecule has 4 aromatic carbocycles. The Morgan fingerprint density at radius 2 is 1.35 bits per heavy atom. The van der Waals surface area contributed by atoms with Gasteiger partial charge < -0.3 is 0 Å². The van der Waals surface area contributed by atoms with Gasteiger partial charge in [0.15, 0.2) is 0 Å². The summed E-state index contributed by atoms with van der Waals surface area (Å²) in [6.07, 6.45) is 9.15. The van der Waals surface area contributed by atoms with Gasteiger partial charge in [0.25, 0.3) is 0 Å². The Hall–Kier alpha value is -3.64. The first-order chi connectivity index (χ1) is 15.3. The van der Waals surface area contributed by atoms with Crippen molar-refractivity contribution in [3.63, 3.8) is 0 Å². The number of hydrogen-bond acceptors (Lipinski definition) is 0. The fraction of sp³-hybridized carbons (Fsp3) is 0.0968. The van der Waals surface area contributed by atoms with Gasteiger partial charge >= 0.3 is 0 Å². The van der Waals surface area contributed by atoms with E-state index in [4.69, 9.17) is 0 Å². The zero-order valence-electron chi connectivity index (χ0n) is 17.6. The van der Waals surface area contributed by atoms with Crippen molar-refractivity contribution in [3.8, 4) is 0 Å². The Labute approximate surface area is 183 Å². The normalized spacial score (nSPS) is 21.8. The van der Waals surface area contributed by atoms with E-state index in [1.165, 1.54) is 44.2 Å². The van der Waals surface area contributed by atoms with Crippen molar-refractivity contribution >= 4 is 16.3 Å². The molecule has 2 atom stereocenters. The van der Waals surface area contributed by atoms with E-state index in [0.29, 0.717) is 0 Å². The summed E-state index contributed by atoms with van der Waals surface area (Å²) in [4.78, 5) is 0. The van der Waals surface area contributed by atoms with E-state index in [-0.39, 0.29) is 11.3 Å². The highest BCUT2D eigenvalue weighted by Crippen LogP contribution is 2.57. The third-order valence-electron chi connectivity index (χ3n) is 7.00. The van der Waals surface area contributed by atoms with Crippen LogP contribution in [0, 0.1) is 5.41 Å². The second kappa shape index (κ2) is 6.96. The average molecular weight is 397 g/mol. The third-order valence-corrected chi connectivity index (χ3v) is 7.00. The lowest BCUT2D eigenvalue weighted by Crippen LogP contribution is -2.32. The Kier molecular flexibility index (Phi) is 4.07. The van der Waals surface area contributed by atoms with Crippen LogP contribution >= 0.6 is 0 Å². The molecule has 2 aliphatic rings. The van der Waals surface area contributed by atoms with Gasteiger partial charge in [0, 0.05) is 11.3 Å². The molecule has 0 amide bonds. The van der Waals surface area contributed by atoms with Gasteiger partial charge in [-0.15, -0.1) is 0 Å². The monoisotopic (exact) mass is 396 g/mol. The van der Waals surface area contributed by atoms with Crippen molar-refractivity contribution in [3.05, 3.63) is 149 Å². The Balaban J connectivity index is 1.73. The maximum Gasteiger partial charge on any atom is 0.0225 e. The fourth-order valence-electron chi connectivity index (χ4n) is 5.63. The van der Waals surface area contributed by atoms with Crippen molar-refractivity contribution in [2.75, 3.05) is 0 Å². The van der Waals surface area contributed by atoms with Crippen molar-refractivity contribution in [2.24, 2.45) is 5.41 Å². The first-order valence-corrected chi connectivity index (χ1v) is 11.0. The maximum atomic E-state index is 2.40. The van der Waals surface area contributed by atoms with Gasteiger partial charge in [-0.3, -0.25) is 0 Å². The topological polar surface area (TPSA) is 0 Å². The molecule has 0 saturated heterocycles. The summed E-state index contributed by atoms with van der Waals surface area (Å²) >= 11 is 0. The molecule has 0 bridgehead atoms. The van der Waals surface area contributed by atoms with Crippen LogP contribution in [0.3, 0.4) is 0 Å². The summed E-state index contributed by atoms with van der Waals surface area (Å²) in [5, 5.41) is 2.60. The van der Waals surface area contributed by atoms with Gasteiger partial charge in [0.2, 0.25) is 0 Å². The van der Waals surface area contributed by atoms with E-state index in [2.05, 4.69) is 128 Å². The number of benzene rings is 4. The molecule has 0 nitrogen and oxygen atoms in total. The molecule has 2 unspecified atom stereocenters. The highest BCUT2D eigenvalue weighted by atomic mass is 14.5. The molecule has 0 heteroatoms. The highest BCUT2D eigenvalue weighted by Gasteiger charge is 2.44. The molecule has 4 aromatic rings. The molecule has 0 N–H and O–H groups in total. The molecule has 0 heterocycles. The van der Waals surface area contributed by atoms with Crippen LogP contribution in [0.2, 0.25) is 0 Å². The second-order valence-corrected chi connectivity index (χ2v) is 8.75. The zero-order chi connectivity index (χ0) is 20.8. The molecule has 0 radical (unpaired) electrons. The van der Waals surface area contributed by atoms with E-state index >= 15 is 0 Å². The number of fused-ring (bicyclic) bond motifs is 3. The van der Waals surface area contributed by atoms with Crippen LogP contribution in [0.15, 0.2) is 127 Å². The Bertz CT molecular complexity index is 1380. The zero-order valence-corrected chi connectivity index (χ0v) is 17.6. The molecule has 0 fully saturated rings. The molecule has 148 valence electrons. The summed E-state index contributed by atoms with van der Waals surface area (Å²) < 4.78 is 0. The maximum absolute atomic E-state index is 2.40. The Morgan fingerprint density at radius 1 is 0.645 bits per heavy atom. The molecule has 31 heavy (non-hydrogen) atoms. The fourth-order valence-corrected chi connectivity index (χ4v) is 5.63. The highest BCUT2D eigenvalue weighted by molar-refractivity contribution is 6.01. The first kappa shape index (κ1) is 18.2. The van der Waals surface area contributed by atoms with Crippen LogP contribution in [0.4, 0.5) is 0 Å². The second-order valence-electron chi connectivity index (χ2n) is 8.75. The lowest BCUT2D eigenvalue weighted by atomic mass is 9.58. The summed E-state index contributed by atoms with van der Waals surface area (Å²) in [5.74, 6) is 0.278. The van der Waals surface area contributed by atoms with E-state index < -0.39 is 0 Å². The largest absolute Gasteiger partial charge is 0.0733 e. The van der Waals surface area contributed by atoms with Gasteiger partial charge in [-0.05, 0) is 44.2 Å². The summed E-state index contributed by atoms with van der Waals surface area (Å²) in [6.45, 7) is 2.40. The first-order valence-electron chi connectivity index (χ1n) is 11.0. The van der Waals surface area contributed by atoms with E-state index in [9.17, 15) is 0 Å². The molecule has 0 saturated carbocycles. The van der Waals surface area contributed by atoms with E-state index in [1.807, 2.05) is 0 Å². The SMILES string of the molecule is CC12C=CC=CC1=C(c1cccc3ccccc13)c1ccccc1C2c1ccccc1. The standard InChI is InChI=1S/C31H24/c1-31-21-10-9-20-28(31)29(25-19-11-15-22-12-5-6-16-24(22)25)26-17-7-8-18-27(26)30(31)23-13-3-2-4-14-23/h2-21,30H,1H3. The van der Waals surface area contributed by atoms with Crippen LogP contribution in [0.5, 0.6) is 0 Å². The van der Waals surface area contributed by atoms with Crippen molar-refractivity contribution in [1.29, 1.82) is 0 Å². The summed E-state index contributed by atoms with van der Waals surface area (Å²) in [5.41, 5.74) is 8.09. The lowest BCUT2D eigenvalue weighted by Gasteiger charge is -2.45. The molecule has 2 aliphatic carbocycles. The van der Waals surface area contributed by atoms with E-state index in [1.54, 1.807) is 0 Å². The minimum Gasteiger partial charge on any atom is -0.0733 e. The Morgan fingerprint density at radius 3 is 2.26 bits per heavy atom. The van der Waals surface area contributed by atoms with Gasteiger partial charge in [0.1, 0.15) is 0 Å². The molecule has 6 rings (SSSR count). The minimum atomic E-state index is -0.114. The van der Waals surface area contributed by atoms with Crippen LogP contribution in [-0.4, -0.2) is 0 Å². The summed E-state index contributed by atoms with van der Waals surface area (Å²) in [6, 6.07) is 35.4. The van der Waals surface area contributed by atoms with Gasteiger partial charge in [-0.2, -0.15) is 0 Å². The van der Waals surface area contributed by atoms with Gasteiger partial charge in [-0.25, -0.2) is 0 Å². The smallest absolute Gasteiger partial charge is 0.0225 e. The van der Waals surface area contributed by atoms with Gasteiger partial charge in [0.05, 0.1) is 0 Å². The quantitative estimate of drug-likeness (QED) is 0.323. The van der Waals surface area contributed by atoms with Crippen LogP contribution in [0.1, 0.15) is 35.1 Å². The van der Waals surface area contributed by atoms with Crippen molar-refractivity contribution < 1.29 is 0 Å². The van der Waals surface area contributed by atoms with E-state index in [0.717, 1.165) is 0 Å². The molecule has 0 aliphatic heterocycles. The molecule has 0 aromatic heterocycles. The molecular formula is C31H24. The lowest BCUT2D eigenvalue weighted by molar-refractivity contribution is 0.448. The van der Waals surface area contributed by atoms with Crippen LogP contribution in [0.25, 0.3) is 16.3 Å². The summed E-state index contributed by atoms with van der Waals surface area (Å²) in [7, 11) is 0. The predicted molar refractivity (Wildman–Crippen MR) is 131 cm³/mol. The number of rotatable bonds is 2. The van der Waals surface area contributed by atoms with Gasteiger partial charge in [-0.1, -0.05) is 128 Å². The average Bonchev–Trinajstić information content (AvgIpc) is 2.82. The minimum absolute atomic E-state index is 0.114. The van der Waals surface area contributed by atoms with Crippen molar-refractivity contribution in [1.82, 2.24) is 0 Å². The predicted octanol–water partition coefficient (Wildman–Crippen LogP) is 7.92. The van der Waals surface area contributed by atoms with Crippen LogP contribution in [-0.2, 0) is 0 Å². The number of allylic oxidation sites excluding steroid dienone is 5.